The second kappa shape index (κ2) is 4.16. The van der Waals surface area contributed by atoms with Crippen molar-refractivity contribution in [1.82, 2.24) is 9.78 Å². The molecule has 0 atom stereocenters. The maximum atomic E-state index is 9.06. The summed E-state index contributed by atoms with van der Waals surface area (Å²) in [5.41, 5.74) is 2.71. The minimum atomic E-state index is 0.0301. The zero-order chi connectivity index (χ0) is 10.8. The van der Waals surface area contributed by atoms with E-state index in [0.29, 0.717) is 0 Å². The summed E-state index contributed by atoms with van der Waals surface area (Å²) in [5.74, 6) is 0. The van der Waals surface area contributed by atoms with E-state index in [1.807, 2.05) is 37.4 Å². The molecule has 1 aromatic heterocycles. The Morgan fingerprint density at radius 2 is 2.00 bits per heavy atom. The topological polar surface area (TPSA) is 38.0 Å². The van der Waals surface area contributed by atoms with Crippen molar-refractivity contribution in [3.8, 4) is 5.69 Å². The first-order chi connectivity index (χ1) is 7.20. The molecular weight excluding hydrogens is 256 g/mol. The van der Waals surface area contributed by atoms with Gasteiger partial charge < -0.3 is 5.11 Å². The van der Waals surface area contributed by atoms with E-state index < -0.39 is 0 Å². The highest BCUT2D eigenvalue weighted by Crippen LogP contribution is 2.15. The third-order valence-corrected chi connectivity index (χ3v) is 2.79. The molecule has 2 aromatic rings. The molecule has 0 aliphatic rings. The molecule has 3 nitrogen and oxygen atoms in total. The number of nitrogens with zero attached hydrogens (tertiary/aromatic N) is 2. The molecule has 0 aliphatic heterocycles. The van der Waals surface area contributed by atoms with Gasteiger partial charge >= 0.3 is 0 Å². The summed E-state index contributed by atoms with van der Waals surface area (Å²) in [6, 6.07) is 7.87. The first-order valence-electron chi connectivity index (χ1n) is 4.62. The van der Waals surface area contributed by atoms with Crippen LogP contribution in [-0.4, -0.2) is 14.9 Å². The van der Waals surface area contributed by atoms with E-state index in [1.165, 1.54) is 0 Å². The van der Waals surface area contributed by atoms with Gasteiger partial charge in [0.15, 0.2) is 0 Å². The van der Waals surface area contributed by atoms with Crippen LogP contribution < -0.4 is 0 Å². The van der Waals surface area contributed by atoms with Crippen molar-refractivity contribution in [2.24, 2.45) is 0 Å². The summed E-state index contributed by atoms with van der Waals surface area (Å²) >= 11 is 3.38. The average Bonchev–Trinajstić information content (AvgIpc) is 2.61. The SMILES string of the molecule is Cc1nn(-c2ccc(Br)cc2)cc1CO. The van der Waals surface area contributed by atoms with Crippen LogP contribution in [-0.2, 0) is 6.61 Å². The maximum absolute atomic E-state index is 9.06. The molecule has 1 aromatic carbocycles. The molecule has 0 saturated carbocycles. The molecule has 2 rings (SSSR count). The van der Waals surface area contributed by atoms with Crippen LogP contribution in [0.4, 0.5) is 0 Å². The smallest absolute Gasteiger partial charge is 0.0715 e. The van der Waals surface area contributed by atoms with Gasteiger partial charge in [0.05, 0.1) is 18.0 Å². The number of rotatable bonds is 2. The molecule has 0 bridgehead atoms. The molecule has 1 heterocycles. The Bertz CT molecular complexity index is 462. The number of benzene rings is 1. The fraction of sp³-hybridized carbons (Fsp3) is 0.182. The van der Waals surface area contributed by atoms with Gasteiger partial charge in [0.2, 0.25) is 0 Å². The van der Waals surface area contributed by atoms with Crippen LogP contribution in [0.15, 0.2) is 34.9 Å². The molecule has 78 valence electrons. The summed E-state index contributed by atoms with van der Waals surface area (Å²) in [5, 5.41) is 13.4. The second-order valence-electron chi connectivity index (χ2n) is 3.32. The third kappa shape index (κ3) is 2.11. The lowest BCUT2D eigenvalue weighted by molar-refractivity contribution is 0.281. The summed E-state index contributed by atoms with van der Waals surface area (Å²) in [6.07, 6.45) is 1.85. The number of aliphatic hydroxyl groups excluding tert-OH is 1. The lowest BCUT2D eigenvalue weighted by Crippen LogP contribution is -1.93. The molecular formula is C11H11BrN2O. The Morgan fingerprint density at radius 3 is 2.53 bits per heavy atom. The minimum Gasteiger partial charge on any atom is -0.392 e. The monoisotopic (exact) mass is 266 g/mol. The summed E-state index contributed by atoms with van der Waals surface area (Å²) in [7, 11) is 0. The highest BCUT2D eigenvalue weighted by Gasteiger charge is 2.04. The predicted molar refractivity (Wildman–Crippen MR) is 61.9 cm³/mol. The molecule has 0 unspecified atom stereocenters. The Balaban J connectivity index is 2.41. The second-order valence-corrected chi connectivity index (χ2v) is 4.23. The van der Waals surface area contributed by atoms with E-state index in [2.05, 4.69) is 21.0 Å². The van der Waals surface area contributed by atoms with Gasteiger partial charge in [0.1, 0.15) is 0 Å². The van der Waals surface area contributed by atoms with Crippen molar-refractivity contribution in [3.05, 3.63) is 46.2 Å². The number of aryl methyl sites for hydroxylation is 1. The molecule has 0 aliphatic carbocycles. The van der Waals surface area contributed by atoms with Gasteiger partial charge in [-0.1, -0.05) is 15.9 Å². The van der Waals surface area contributed by atoms with Gasteiger partial charge in [-0.05, 0) is 31.2 Å². The van der Waals surface area contributed by atoms with E-state index in [0.717, 1.165) is 21.4 Å². The van der Waals surface area contributed by atoms with Crippen LogP contribution in [0.1, 0.15) is 11.3 Å². The van der Waals surface area contributed by atoms with Crippen LogP contribution in [0.5, 0.6) is 0 Å². The van der Waals surface area contributed by atoms with Crippen molar-refractivity contribution < 1.29 is 5.11 Å². The molecule has 0 fully saturated rings. The zero-order valence-electron chi connectivity index (χ0n) is 8.31. The number of aromatic nitrogens is 2. The number of hydrogen-bond acceptors (Lipinski definition) is 2. The first kappa shape index (κ1) is 10.4. The lowest BCUT2D eigenvalue weighted by Gasteiger charge is -2.00. The van der Waals surface area contributed by atoms with Crippen molar-refractivity contribution in [1.29, 1.82) is 0 Å². The minimum absolute atomic E-state index is 0.0301. The van der Waals surface area contributed by atoms with Crippen molar-refractivity contribution >= 4 is 15.9 Å². The summed E-state index contributed by atoms with van der Waals surface area (Å²) < 4.78 is 2.81. The Labute approximate surface area is 96.5 Å². The predicted octanol–water partition coefficient (Wildman–Crippen LogP) is 2.44. The van der Waals surface area contributed by atoms with E-state index >= 15 is 0 Å². The number of hydrogen-bond donors (Lipinski definition) is 1. The maximum Gasteiger partial charge on any atom is 0.0715 e. The first-order valence-corrected chi connectivity index (χ1v) is 5.42. The van der Waals surface area contributed by atoms with E-state index in [4.69, 9.17) is 5.11 Å². The fourth-order valence-corrected chi connectivity index (χ4v) is 1.64. The van der Waals surface area contributed by atoms with Gasteiger partial charge in [0, 0.05) is 16.2 Å². The zero-order valence-corrected chi connectivity index (χ0v) is 9.90. The third-order valence-electron chi connectivity index (χ3n) is 2.26. The Morgan fingerprint density at radius 1 is 1.33 bits per heavy atom. The van der Waals surface area contributed by atoms with Crippen LogP contribution in [0.3, 0.4) is 0 Å². The molecule has 1 N–H and O–H groups in total. The summed E-state index contributed by atoms with van der Waals surface area (Å²) in [6.45, 7) is 1.92. The molecule has 4 heteroatoms. The van der Waals surface area contributed by atoms with Gasteiger partial charge in [-0.15, -0.1) is 0 Å². The molecule has 0 amide bonds. The Kier molecular flexibility index (Phi) is 2.88. The number of aliphatic hydroxyl groups is 1. The van der Waals surface area contributed by atoms with Gasteiger partial charge in [-0.3, -0.25) is 0 Å². The standard InChI is InChI=1S/C11H11BrN2O/c1-8-9(7-15)6-14(13-8)11-4-2-10(12)3-5-11/h2-6,15H,7H2,1H3. The normalized spacial score (nSPS) is 10.6. The van der Waals surface area contributed by atoms with Crippen molar-refractivity contribution in [3.63, 3.8) is 0 Å². The average molecular weight is 267 g/mol. The molecule has 0 saturated heterocycles. The van der Waals surface area contributed by atoms with Crippen LogP contribution >= 0.6 is 15.9 Å². The molecule has 0 radical (unpaired) electrons. The van der Waals surface area contributed by atoms with Gasteiger partial charge in [-0.25, -0.2) is 4.68 Å². The highest BCUT2D eigenvalue weighted by molar-refractivity contribution is 9.10. The van der Waals surface area contributed by atoms with Gasteiger partial charge in [0.25, 0.3) is 0 Å². The van der Waals surface area contributed by atoms with Crippen molar-refractivity contribution in [2.45, 2.75) is 13.5 Å². The quantitative estimate of drug-likeness (QED) is 0.907. The van der Waals surface area contributed by atoms with Crippen LogP contribution in [0.25, 0.3) is 5.69 Å². The molecule has 0 spiro atoms. The van der Waals surface area contributed by atoms with E-state index in [-0.39, 0.29) is 6.61 Å². The highest BCUT2D eigenvalue weighted by atomic mass is 79.9. The molecule has 15 heavy (non-hydrogen) atoms. The Hall–Kier alpha value is -1.13. The van der Waals surface area contributed by atoms with Crippen LogP contribution in [0.2, 0.25) is 0 Å². The summed E-state index contributed by atoms with van der Waals surface area (Å²) in [4.78, 5) is 0. The fourth-order valence-electron chi connectivity index (χ4n) is 1.38. The van der Waals surface area contributed by atoms with Gasteiger partial charge in [-0.2, -0.15) is 5.10 Å². The largest absolute Gasteiger partial charge is 0.392 e. The van der Waals surface area contributed by atoms with Crippen molar-refractivity contribution in [2.75, 3.05) is 0 Å². The lowest BCUT2D eigenvalue weighted by atomic mass is 10.3. The van der Waals surface area contributed by atoms with Crippen LogP contribution in [0, 0.1) is 6.92 Å². The number of halogens is 1. The van der Waals surface area contributed by atoms with E-state index in [9.17, 15) is 0 Å². The van der Waals surface area contributed by atoms with E-state index in [1.54, 1.807) is 4.68 Å².